The molecule has 4 heterocycles. The number of rotatable bonds is 5. The van der Waals surface area contributed by atoms with Crippen molar-refractivity contribution in [2.24, 2.45) is 5.73 Å². The Morgan fingerprint density at radius 1 is 0.894 bits per heavy atom. The molecule has 14 heteroatoms. The minimum absolute atomic E-state index is 0.0328. The number of aliphatic hydroxyl groups excluding tert-OH is 2. The van der Waals surface area contributed by atoms with Crippen LogP contribution in [-0.4, -0.2) is 88.4 Å². The van der Waals surface area contributed by atoms with Crippen LogP contribution >= 0.6 is 0 Å². The van der Waals surface area contributed by atoms with Crippen molar-refractivity contribution in [3.63, 3.8) is 0 Å². The van der Waals surface area contributed by atoms with E-state index in [1.54, 1.807) is 32.0 Å². The molecule has 0 amide bonds. The number of aliphatic hydroxyl groups is 3. The Bertz CT molecular complexity index is 2120. The molecular weight excluding hydrogens is 618 g/mol. The second-order valence-corrected chi connectivity index (χ2v) is 12.5. The smallest absolute Gasteiger partial charge is 0.348 e. The SMILES string of the molecule is COC1C(N)C(OC2C(Oc3cccc4c(O)c5c(=O)oc6ccc(C)c7c(=O)oc(c34)c5c67)OC(C)C(O)[C@]2(C)O)OC(C)C1O. The fourth-order valence-corrected chi connectivity index (χ4v) is 6.96. The summed E-state index contributed by atoms with van der Waals surface area (Å²) in [5.41, 5.74) is 3.52. The van der Waals surface area contributed by atoms with Gasteiger partial charge in [-0.15, -0.1) is 0 Å². The maximum Gasteiger partial charge on any atom is 0.348 e. The summed E-state index contributed by atoms with van der Waals surface area (Å²) in [6, 6.07) is 6.77. The molecule has 7 rings (SSSR count). The van der Waals surface area contributed by atoms with Crippen molar-refractivity contribution in [2.45, 2.75) is 88.5 Å². The molecule has 2 aliphatic heterocycles. The largest absolute Gasteiger partial charge is 0.506 e. The van der Waals surface area contributed by atoms with Crippen molar-refractivity contribution in [1.29, 1.82) is 0 Å². The first-order chi connectivity index (χ1) is 22.3. The van der Waals surface area contributed by atoms with Crippen LogP contribution in [0.5, 0.6) is 11.5 Å². The molecule has 47 heavy (non-hydrogen) atoms. The summed E-state index contributed by atoms with van der Waals surface area (Å²) in [6.07, 6.45) is -9.22. The summed E-state index contributed by atoms with van der Waals surface area (Å²) < 4.78 is 41.2. The van der Waals surface area contributed by atoms with Crippen LogP contribution in [0.3, 0.4) is 0 Å². The third-order valence-corrected chi connectivity index (χ3v) is 9.52. The summed E-state index contributed by atoms with van der Waals surface area (Å²) in [5.74, 6) is -0.386. The Morgan fingerprint density at radius 3 is 2.32 bits per heavy atom. The zero-order valence-electron chi connectivity index (χ0n) is 26.1. The first kappa shape index (κ1) is 31.7. The zero-order valence-corrected chi connectivity index (χ0v) is 26.1. The number of aromatic hydroxyl groups is 1. The van der Waals surface area contributed by atoms with Crippen LogP contribution in [-0.2, 0) is 18.9 Å². The lowest BCUT2D eigenvalue weighted by Crippen LogP contribution is -2.69. The summed E-state index contributed by atoms with van der Waals surface area (Å²) in [6.45, 7) is 6.21. The van der Waals surface area contributed by atoms with Gasteiger partial charge in [0, 0.05) is 23.3 Å². The van der Waals surface area contributed by atoms with Gasteiger partial charge in [0.15, 0.2) is 18.0 Å². The molecule has 3 aromatic carbocycles. The van der Waals surface area contributed by atoms with E-state index in [9.17, 15) is 30.0 Å². The first-order valence-electron chi connectivity index (χ1n) is 15.2. The summed E-state index contributed by atoms with van der Waals surface area (Å²) in [7, 11) is 1.39. The number of hydrogen-bond donors (Lipinski definition) is 5. The molecule has 0 radical (unpaired) electrons. The van der Waals surface area contributed by atoms with Gasteiger partial charge in [-0.2, -0.15) is 0 Å². The highest BCUT2D eigenvalue weighted by Crippen LogP contribution is 2.46. The number of aryl methyl sites for hydroxylation is 1. The van der Waals surface area contributed by atoms with E-state index in [4.69, 9.17) is 38.3 Å². The van der Waals surface area contributed by atoms with E-state index in [2.05, 4.69) is 0 Å². The predicted octanol–water partition coefficient (Wildman–Crippen LogP) is 1.73. The van der Waals surface area contributed by atoms with Crippen molar-refractivity contribution < 1.29 is 52.9 Å². The number of methoxy groups -OCH3 is 1. The molecule has 5 aromatic rings. The Hall–Kier alpha value is -3.86. The van der Waals surface area contributed by atoms with E-state index >= 15 is 0 Å². The number of fused-ring (bicyclic) bond motifs is 2. The average Bonchev–Trinajstić information content (AvgIpc) is 3.02. The van der Waals surface area contributed by atoms with Gasteiger partial charge in [-0.1, -0.05) is 18.2 Å². The molecule has 9 unspecified atom stereocenters. The minimum atomic E-state index is -1.99. The van der Waals surface area contributed by atoms with E-state index in [-0.39, 0.29) is 43.8 Å². The van der Waals surface area contributed by atoms with E-state index in [0.29, 0.717) is 10.9 Å². The fraction of sp³-hybridized carbons (Fsp3) is 0.455. The molecule has 2 fully saturated rings. The highest BCUT2D eigenvalue weighted by molar-refractivity contribution is 6.28. The van der Waals surface area contributed by atoms with Gasteiger partial charge in [-0.05, 0) is 45.4 Å². The van der Waals surface area contributed by atoms with E-state index in [1.165, 1.54) is 33.1 Å². The third kappa shape index (κ3) is 4.63. The molecule has 0 aliphatic carbocycles. The van der Waals surface area contributed by atoms with Gasteiger partial charge in [0.05, 0.1) is 29.0 Å². The van der Waals surface area contributed by atoms with Gasteiger partial charge >= 0.3 is 11.3 Å². The highest BCUT2D eigenvalue weighted by atomic mass is 16.7. The van der Waals surface area contributed by atoms with E-state index in [1.807, 2.05) is 0 Å². The second-order valence-electron chi connectivity index (χ2n) is 12.5. The highest BCUT2D eigenvalue weighted by Gasteiger charge is 2.56. The van der Waals surface area contributed by atoms with E-state index < -0.39 is 77.8 Å². The fourth-order valence-electron chi connectivity index (χ4n) is 6.96. The number of phenolic OH excluding ortho intramolecular Hbond substituents is 1. The summed E-state index contributed by atoms with van der Waals surface area (Å²) >= 11 is 0. The first-order valence-corrected chi connectivity index (χ1v) is 15.2. The van der Waals surface area contributed by atoms with E-state index in [0.717, 1.165) is 0 Å². The van der Waals surface area contributed by atoms with Gasteiger partial charge < -0.3 is 58.7 Å². The molecule has 6 N–H and O–H groups in total. The van der Waals surface area contributed by atoms with Gasteiger partial charge in [-0.25, -0.2) is 9.59 Å². The molecule has 0 bridgehead atoms. The quantitative estimate of drug-likeness (QED) is 0.104. The Balaban J connectivity index is 1.40. The van der Waals surface area contributed by atoms with Crippen molar-refractivity contribution in [3.8, 4) is 11.5 Å². The zero-order chi connectivity index (χ0) is 33.7. The molecule has 10 atom stereocenters. The molecule has 0 spiro atoms. The van der Waals surface area contributed by atoms with Crippen molar-refractivity contribution >= 4 is 43.5 Å². The maximum absolute atomic E-state index is 13.4. The van der Waals surface area contributed by atoms with Crippen LogP contribution < -0.4 is 21.7 Å². The molecule has 2 aromatic heterocycles. The summed E-state index contributed by atoms with van der Waals surface area (Å²) in [5, 5.41) is 45.3. The lowest BCUT2D eigenvalue weighted by Gasteiger charge is -2.50. The second kappa shape index (κ2) is 11.1. The van der Waals surface area contributed by atoms with Crippen LogP contribution in [0.1, 0.15) is 26.3 Å². The predicted molar refractivity (Wildman–Crippen MR) is 167 cm³/mol. The number of hydrogen-bond acceptors (Lipinski definition) is 14. The van der Waals surface area contributed by atoms with Crippen LogP contribution in [0.4, 0.5) is 0 Å². The Labute approximate surface area is 266 Å². The van der Waals surface area contributed by atoms with Crippen molar-refractivity contribution in [2.75, 3.05) is 7.11 Å². The van der Waals surface area contributed by atoms with Crippen LogP contribution in [0.2, 0.25) is 0 Å². The summed E-state index contributed by atoms with van der Waals surface area (Å²) in [4.78, 5) is 26.6. The number of benzene rings is 3. The monoisotopic (exact) mass is 653 g/mol. The lowest BCUT2D eigenvalue weighted by atomic mass is 9.86. The maximum atomic E-state index is 13.4. The van der Waals surface area contributed by atoms with Crippen LogP contribution in [0, 0.1) is 6.92 Å². The Kier molecular flexibility index (Phi) is 7.50. The standard InChI is InChI=1S/C33H35NO13/c1-11-9-10-16-19-17(11)29(38)46-25-18-14(24(36)21(20(19)25)30(39)44-16)7-6-8-15(18)45-32-28(33(4,40)27(37)13(3)43-32)47-31-22(34)26(41-5)23(35)12(2)42-31/h6-10,12-13,22-23,26-28,31-32,35-37,40H,34H2,1-5H3/t12?,13?,22?,23?,26?,27?,28?,31?,32?,33-/m0/s1. The molecular formula is C33H35NO13. The van der Waals surface area contributed by atoms with Gasteiger partial charge in [0.1, 0.15) is 46.4 Å². The van der Waals surface area contributed by atoms with Gasteiger partial charge in [0.2, 0.25) is 6.29 Å². The molecule has 2 saturated heterocycles. The lowest BCUT2D eigenvalue weighted by molar-refractivity contribution is -0.356. The third-order valence-electron chi connectivity index (χ3n) is 9.52. The number of nitrogens with two attached hydrogens (primary N) is 1. The van der Waals surface area contributed by atoms with Gasteiger partial charge in [-0.3, -0.25) is 0 Å². The van der Waals surface area contributed by atoms with Crippen LogP contribution in [0.15, 0.2) is 48.8 Å². The van der Waals surface area contributed by atoms with Crippen molar-refractivity contribution in [1.82, 2.24) is 0 Å². The topological polar surface area (TPSA) is 214 Å². The Morgan fingerprint density at radius 2 is 1.60 bits per heavy atom. The normalized spacial score (nSPS) is 33.3. The molecule has 14 nitrogen and oxygen atoms in total. The molecule has 0 saturated carbocycles. The molecule has 250 valence electrons. The van der Waals surface area contributed by atoms with Gasteiger partial charge in [0.25, 0.3) is 0 Å². The minimum Gasteiger partial charge on any atom is -0.506 e. The van der Waals surface area contributed by atoms with Crippen molar-refractivity contribution in [3.05, 3.63) is 56.7 Å². The molecule has 2 aliphatic rings. The van der Waals surface area contributed by atoms with Crippen LogP contribution in [0.25, 0.3) is 43.5 Å². The number of phenols is 1. The number of ether oxygens (including phenoxy) is 5. The average molecular weight is 654 g/mol.